The van der Waals surface area contributed by atoms with Crippen LogP contribution < -0.4 is 4.90 Å². The minimum absolute atomic E-state index is 0.649. The van der Waals surface area contributed by atoms with Gasteiger partial charge in [-0.3, -0.25) is 0 Å². The molecule has 1 atom stereocenters. The van der Waals surface area contributed by atoms with E-state index in [4.69, 9.17) is 0 Å². The van der Waals surface area contributed by atoms with E-state index in [0.717, 1.165) is 41.0 Å². The van der Waals surface area contributed by atoms with Crippen LogP contribution in [-0.2, 0) is 4.79 Å². The van der Waals surface area contributed by atoms with Crippen molar-refractivity contribution in [1.82, 2.24) is 9.97 Å². The van der Waals surface area contributed by atoms with E-state index in [1.54, 1.807) is 24.6 Å². The first-order valence-electron chi connectivity index (χ1n) is 7.17. The van der Waals surface area contributed by atoms with Crippen LogP contribution in [-0.4, -0.2) is 33.1 Å². The van der Waals surface area contributed by atoms with Crippen molar-refractivity contribution in [2.75, 3.05) is 11.4 Å². The molecule has 1 fully saturated rings. The van der Waals surface area contributed by atoms with Crippen molar-refractivity contribution >= 4 is 33.3 Å². The number of carboxylic acids is 1. The van der Waals surface area contributed by atoms with Crippen molar-refractivity contribution < 1.29 is 9.90 Å². The Morgan fingerprint density at radius 3 is 2.86 bits per heavy atom. The summed E-state index contributed by atoms with van der Waals surface area (Å²) >= 11 is 1.64. The van der Waals surface area contributed by atoms with Crippen LogP contribution in [0.1, 0.15) is 36.6 Å². The number of aryl methyl sites for hydroxylation is 2. The van der Waals surface area contributed by atoms with E-state index in [1.165, 1.54) is 4.88 Å². The van der Waals surface area contributed by atoms with Crippen molar-refractivity contribution in [2.45, 2.75) is 45.6 Å². The van der Waals surface area contributed by atoms with Crippen molar-refractivity contribution in [3.8, 4) is 0 Å². The Bertz CT molecular complexity index is 712. The summed E-state index contributed by atoms with van der Waals surface area (Å²) in [6.45, 7) is 6.65. The normalized spacial score (nSPS) is 22.7. The summed E-state index contributed by atoms with van der Waals surface area (Å²) in [6, 6.07) is 0. The first-order chi connectivity index (χ1) is 9.95. The molecule has 0 aliphatic carbocycles. The summed E-state index contributed by atoms with van der Waals surface area (Å²) in [7, 11) is 0. The molecule has 0 aromatic carbocycles. The molecule has 0 amide bonds. The van der Waals surface area contributed by atoms with E-state index in [2.05, 4.69) is 23.8 Å². The summed E-state index contributed by atoms with van der Waals surface area (Å²) in [5.41, 5.74) is 0.269. The van der Waals surface area contributed by atoms with Crippen LogP contribution in [0.5, 0.6) is 0 Å². The molecule has 0 bridgehead atoms. The third kappa shape index (κ3) is 2.09. The van der Waals surface area contributed by atoms with Crippen LogP contribution in [0.25, 0.3) is 10.2 Å². The van der Waals surface area contributed by atoms with Crippen molar-refractivity contribution in [2.24, 2.45) is 0 Å². The van der Waals surface area contributed by atoms with Crippen molar-refractivity contribution in [1.29, 1.82) is 0 Å². The van der Waals surface area contributed by atoms with Crippen LogP contribution >= 0.6 is 11.3 Å². The van der Waals surface area contributed by atoms with Crippen LogP contribution in [0.4, 0.5) is 5.82 Å². The van der Waals surface area contributed by atoms with Gasteiger partial charge in [0, 0.05) is 11.4 Å². The molecular weight excluding hydrogens is 286 g/mol. The van der Waals surface area contributed by atoms with Gasteiger partial charge in [0.25, 0.3) is 0 Å². The standard InChI is InChI=1S/C15H19N3O2S/c1-9-10(2)21-13-11(9)12(16-8-17-13)18-7-5-4-6-15(18,3)14(19)20/h8H,4-7H2,1-3H3,(H,19,20). The minimum Gasteiger partial charge on any atom is -0.480 e. The van der Waals surface area contributed by atoms with Gasteiger partial charge in [-0.25, -0.2) is 14.8 Å². The molecule has 2 aromatic rings. The Morgan fingerprint density at radius 1 is 1.38 bits per heavy atom. The van der Waals surface area contributed by atoms with E-state index < -0.39 is 11.5 Å². The molecule has 6 heteroatoms. The van der Waals surface area contributed by atoms with E-state index in [0.29, 0.717) is 6.42 Å². The zero-order valence-corrected chi connectivity index (χ0v) is 13.3. The second-order valence-electron chi connectivity index (χ2n) is 5.85. The number of aliphatic carboxylic acids is 1. The molecule has 112 valence electrons. The number of carbonyl (C=O) groups is 1. The SMILES string of the molecule is Cc1sc2ncnc(N3CCCCC3(C)C(=O)O)c2c1C. The maximum Gasteiger partial charge on any atom is 0.329 e. The fraction of sp³-hybridized carbons (Fsp3) is 0.533. The van der Waals surface area contributed by atoms with Gasteiger partial charge in [-0.2, -0.15) is 0 Å². The van der Waals surface area contributed by atoms with Gasteiger partial charge in [0.15, 0.2) is 0 Å². The number of fused-ring (bicyclic) bond motifs is 1. The predicted octanol–water partition coefficient (Wildman–Crippen LogP) is 3.14. The average molecular weight is 305 g/mol. The largest absolute Gasteiger partial charge is 0.480 e. The summed E-state index contributed by atoms with van der Waals surface area (Å²) in [6.07, 6.45) is 4.13. The van der Waals surface area contributed by atoms with Crippen LogP contribution in [0.3, 0.4) is 0 Å². The van der Waals surface area contributed by atoms with E-state index in [-0.39, 0.29) is 0 Å². The molecule has 5 nitrogen and oxygen atoms in total. The molecule has 2 aromatic heterocycles. The third-order valence-corrected chi connectivity index (χ3v) is 5.67. The summed E-state index contributed by atoms with van der Waals surface area (Å²) in [4.78, 5) is 24.7. The topological polar surface area (TPSA) is 66.3 Å². The molecular formula is C15H19N3O2S. The number of rotatable bonds is 2. The lowest BCUT2D eigenvalue weighted by atomic mass is 9.88. The van der Waals surface area contributed by atoms with Crippen molar-refractivity contribution in [3.05, 3.63) is 16.8 Å². The molecule has 1 saturated heterocycles. The number of carboxylic acid groups (broad SMARTS) is 1. The van der Waals surface area contributed by atoms with Gasteiger partial charge in [0.05, 0.1) is 5.39 Å². The van der Waals surface area contributed by atoms with Crippen LogP contribution in [0.15, 0.2) is 6.33 Å². The molecule has 0 radical (unpaired) electrons. The highest BCUT2D eigenvalue weighted by Gasteiger charge is 2.42. The molecule has 0 spiro atoms. The van der Waals surface area contributed by atoms with E-state index >= 15 is 0 Å². The highest BCUT2D eigenvalue weighted by molar-refractivity contribution is 7.18. The fourth-order valence-electron chi connectivity index (χ4n) is 3.05. The van der Waals surface area contributed by atoms with Gasteiger partial charge in [-0.15, -0.1) is 11.3 Å². The number of hydrogen-bond donors (Lipinski definition) is 1. The molecule has 3 rings (SSSR count). The second kappa shape index (κ2) is 4.94. The molecule has 21 heavy (non-hydrogen) atoms. The number of hydrogen-bond acceptors (Lipinski definition) is 5. The predicted molar refractivity (Wildman–Crippen MR) is 84.1 cm³/mol. The number of thiophene rings is 1. The van der Waals surface area contributed by atoms with Gasteiger partial charge in [0.1, 0.15) is 22.5 Å². The summed E-state index contributed by atoms with van der Waals surface area (Å²) in [5, 5.41) is 10.7. The Kier molecular flexibility index (Phi) is 3.36. The van der Waals surface area contributed by atoms with Gasteiger partial charge in [0.2, 0.25) is 0 Å². The van der Waals surface area contributed by atoms with Gasteiger partial charge >= 0.3 is 5.97 Å². The lowest BCUT2D eigenvalue weighted by Crippen LogP contribution is -2.55. The first-order valence-corrected chi connectivity index (χ1v) is 7.98. The van der Waals surface area contributed by atoms with Crippen LogP contribution in [0, 0.1) is 13.8 Å². The summed E-state index contributed by atoms with van der Waals surface area (Å²) < 4.78 is 0. The van der Waals surface area contributed by atoms with E-state index in [1.807, 2.05) is 4.90 Å². The van der Waals surface area contributed by atoms with Gasteiger partial charge in [-0.05, 0) is 45.6 Å². The molecule has 3 heterocycles. The van der Waals surface area contributed by atoms with Gasteiger partial charge < -0.3 is 10.0 Å². The molecule has 1 N–H and O–H groups in total. The molecule has 1 aliphatic rings. The highest BCUT2D eigenvalue weighted by Crippen LogP contribution is 2.39. The molecule has 1 unspecified atom stereocenters. The van der Waals surface area contributed by atoms with Gasteiger partial charge in [-0.1, -0.05) is 0 Å². The number of aromatic nitrogens is 2. The van der Waals surface area contributed by atoms with E-state index in [9.17, 15) is 9.90 Å². The average Bonchev–Trinajstić information content (AvgIpc) is 2.75. The monoisotopic (exact) mass is 305 g/mol. The van der Waals surface area contributed by atoms with Crippen LogP contribution in [0.2, 0.25) is 0 Å². The number of nitrogens with zero attached hydrogens (tertiary/aromatic N) is 3. The highest BCUT2D eigenvalue weighted by atomic mass is 32.1. The quantitative estimate of drug-likeness (QED) is 0.923. The Labute approximate surface area is 127 Å². The zero-order chi connectivity index (χ0) is 15.2. The number of anilines is 1. The Morgan fingerprint density at radius 2 is 2.14 bits per heavy atom. The Hall–Kier alpha value is -1.69. The zero-order valence-electron chi connectivity index (χ0n) is 12.5. The molecule has 0 saturated carbocycles. The lowest BCUT2D eigenvalue weighted by Gasteiger charge is -2.42. The van der Waals surface area contributed by atoms with Crippen molar-refractivity contribution in [3.63, 3.8) is 0 Å². The maximum atomic E-state index is 11.8. The first kappa shape index (κ1) is 14.3. The molecule has 1 aliphatic heterocycles. The maximum absolute atomic E-state index is 11.8. The third-order valence-electron chi connectivity index (χ3n) is 4.55. The second-order valence-corrected chi connectivity index (χ2v) is 7.05. The smallest absolute Gasteiger partial charge is 0.329 e. The fourth-order valence-corrected chi connectivity index (χ4v) is 4.04. The number of piperidine rings is 1. The Balaban J connectivity index is 2.21. The summed E-state index contributed by atoms with van der Waals surface area (Å²) in [5.74, 6) is -0.00924. The minimum atomic E-state index is -0.887. The lowest BCUT2D eigenvalue weighted by molar-refractivity contribution is -0.143.